The van der Waals surface area contributed by atoms with Crippen LogP contribution in [0.3, 0.4) is 0 Å². The summed E-state index contributed by atoms with van der Waals surface area (Å²) in [5.74, 6) is 0.510. The molecule has 0 fully saturated rings. The molecule has 1 atom stereocenters. The quantitative estimate of drug-likeness (QED) is 0.219. The van der Waals surface area contributed by atoms with E-state index >= 15 is 0 Å². The van der Waals surface area contributed by atoms with Crippen LogP contribution in [-0.4, -0.2) is 22.1 Å². The van der Waals surface area contributed by atoms with Gasteiger partial charge >= 0.3 is 0 Å². The first-order valence-electron chi connectivity index (χ1n) is 12.6. The largest absolute Gasteiger partial charge is 0.467 e. The molecule has 1 amide bonds. The van der Waals surface area contributed by atoms with E-state index in [9.17, 15) is 14.7 Å². The number of amides is 1. The molecule has 200 valence electrons. The summed E-state index contributed by atoms with van der Waals surface area (Å²) in [7, 11) is 0. The number of rotatable bonds is 11. The number of aromatic nitrogens is 1. The zero-order chi connectivity index (χ0) is 27.2. The smallest absolute Gasteiger partial charge is 0.257 e. The molecule has 0 radical (unpaired) electrons. The van der Waals surface area contributed by atoms with Crippen molar-refractivity contribution in [3.05, 3.63) is 129 Å². The predicted molar refractivity (Wildman–Crippen MR) is 149 cm³/mol. The first-order chi connectivity index (χ1) is 19.0. The van der Waals surface area contributed by atoms with E-state index in [1.54, 1.807) is 36.5 Å². The molecule has 5 aromatic rings. The lowest BCUT2D eigenvalue weighted by Gasteiger charge is -2.11. The predicted octanol–water partition coefficient (Wildman–Crippen LogP) is 4.84. The molecule has 0 saturated carbocycles. The number of benzene rings is 2. The Morgan fingerprint density at radius 1 is 1.00 bits per heavy atom. The molecule has 3 heterocycles. The van der Waals surface area contributed by atoms with Crippen LogP contribution in [0.5, 0.6) is 0 Å². The molecule has 2 aromatic carbocycles. The van der Waals surface area contributed by atoms with Crippen LogP contribution in [0.15, 0.2) is 98.9 Å². The summed E-state index contributed by atoms with van der Waals surface area (Å²) in [6, 6.07) is 22.2. The number of fused-ring (bicyclic) bond motifs is 1. The van der Waals surface area contributed by atoms with Gasteiger partial charge in [-0.1, -0.05) is 54.1 Å². The molecule has 0 aliphatic rings. The Bertz CT molecular complexity index is 1590. The maximum atomic E-state index is 13.4. The number of halogens is 1. The Balaban J connectivity index is 1.38. The number of carbonyl (C=O) groups is 1. The Morgan fingerprint density at radius 2 is 1.79 bits per heavy atom. The second-order valence-electron chi connectivity index (χ2n) is 9.20. The van der Waals surface area contributed by atoms with Crippen molar-refractivity contribution in [3.63, 3.8) is 0 Å². The molecule has 0 spiro atoms. The van der Waals surface area contributed by atoms with Gasteiger partial charge in [0.25, 0.3) is 5.91 Å². The van der Waals surface area contributed by atoms with Crippen LogP contribution in [-0.2, 0) is 26.1 Å². The van der Waals surface area contributed by atoms with Gasteiger partial charge in [-0.15, -0.1) is 0 Å². The van der Waals surface area contributed by atoms with E-state index in [0.29, 0.717) is 40.6 Å². The summed E-state index contributed by atoms with van der Waals surface area (Å²) in [6.07, 6.45) is 2.94. The highest BCUT2D eigenvalue weighted by Gasteiger charge is 2.19. The second-order valence-corrected chi connectivity index (χ2v) is 9.64. The standard InChI is InChI=1S/C30H28ClN3O5/c31-22-10-8-21(9-11-22)16-33-29(37)25-19-34(13-12-20-5-2-1-3-6-20)30-24(28(25)36)15-23(39-30)17-32-18-26(35)27-7-4-14-38-27/h1-11,14-15,19,26,32,35H,12-13,16-18H2,(H,33,37). The highest BCUT2D eigenvalue weighted by molar-refractivity contribution is 6.30. The molecule has 5 rings (SSSR count). The Kier molecular flexibility index (Phi) is 8.27. The van der Waals surface area contributed by atoms with Gasteiger partial charge in [0.05, 0.1) is 18.2 Å². The molecule has 0 bridgehead atoms. The maximum absolute atomic E-state index is 13.4. The minimum atomic E-state index is -0.814. The second kappa shape index (κ2) is 12.2. The van der Waals surface area contributed by atoms with Crippen molar-refractivity contribution in [2.45, 2.75) is 32.2 Å². The summed E-state index contributed by atoms with van der Waals surface area (Å²) in [4.78, 5) is 26.5. The van der Waals surface area contributed by atoms with Crippen molar-refractivity contribution < 1.29 is 18.7 Å². The molecule has 9 heteroatoms. The fourth-order valence-corrected chi connectivity index (χ4v) is 4.45. The van der Waals surface area contributed by atoms with Gasteiger partial charge in [0, 0.05) is 30.9 Å². The molecule has 0 aliphatic heterocycles. The average molecular weight is 546 g/mol. The van der Waals surface area contributed by atoms with Gasteiger partial charge < -0.3 is 29.1 Å². The van der Waals surface area contributed by atoms with Crippen LogP contribution in [0.4, 0.5) is 0 Å². The average Bonchev–Trinajstić information content (AvgIpc) is 3.64. The van der Waals surface area contributed by atoms with E-state index in [1.807, 2.05) is 47.0 Å². The van der Waals surface area contributed by atoms with E-state index < -0.39 is 17.4 Å². The SMILES string of the molecule is O=C(NCc1ccc(Cl)cc1)c1cn(CCc2ccccc2)c2oc(CNCC(O)c3ccco3)cc2c1=O. The van der Waals surface area contributed by atoms with Crippen LogP contribution in [0.2, 0.25) is 5.02 Å². The van der Waals surface area contributed by atoms with Crippen molar-refractivity contribution >= 4 is 28.6 Å². The highest BCUT2D eigenvalue weighted by Crippen LogP contribution is 2.20. The number of nitrogens with one attached hydrogen (secondary N) is 2. The number of aliphatic hydroxyl groups is 1. The molecular formula is C30H28ClN3O5. The maximum Gasteiger partial charge on any atom is 0.257 e. The number of hydrogen-bond donors (Lipinski definition) is 3. The molecule has 0 saturated heterocycles. The fraction of sp³-hybridized carbons (Fsp3) is 0.200. The minimum Gasteiger partial charge on any atom is -0.467 e. The summed E-state index contributed by atoms with van der Waals surface area (Å²) in [5.41, 5.74) is 2.02. The molecule has 1 unspecified atom stereocenters. The van der Waals surface area contributed by atoms with Crippen LogP contribution >= 0.6 is 11.6 Å². The van der Waals surface area contributed by atoms with E-state index in [0.717, 1.165) is 11.1 Å². The normalized spacial score (nSPS) is 12.1. The number of carbonyl (C=O) groups excluding carboxylic acids is 1. The van der Waals surface area contributed by atoms with Crippen molar-refractivity contribution in [1.82, 2.24) is 15.2 Å². The topological polar surface area (TPSA) is 110 Å². The lowest BCUT2D eigenvalue weighted by Crippen LogP contribution is -2.29. The minimum absolute atomic E-state index is 0.0399. The number of pyridine rings is 1. The number of furan rings is 2. The van der Waals surface area contributed by atoms with Crippen LogP contribution in [0.1, 0.15) is 39.1 Å². The van der Waals surface area contributed by atoms with Gasteiger partial charge in [-0.05, 0) is 47.9 Å². The van der Waals surface area contributed by atoms with Crippen LogP contribution < -0.4 is 16.1 Å². The van der Waals surface area contributed by atoms with E-state index in [4.69, 9.17) is 20.4 Å². The summed E-state index contributed by atoms with van der Waals surface area (Å²) in [5, 5.41) is 17.1. The number of aliphatic hydroxyl groups excluding tert-OH is 1. The summed E-state index contributed by atoms with van der Waals surface area (Å²) in [6.45, 7) is 1.29. The number of aryl methyl sites for hydroxylation is 2. The number of hydrogen-bond acceptors (Lipinski definition) is 6. The zero-order valence-electron chi connectivity index (χ0n) is 21.1. The molecular weight excluding hydrogens is 518 g/mol. The Labute approximate surface area is 229 Å². The lowest BCUT2D eigenvalue weighted by molar-refractivity contribution is 0.0949. The van der Waals surface area contributed by atoms with Crippen molar-refractivity contribution in [3.8, 4) is 0 Å². The van der Waals surface area contributed by atoms with Gasteiger partial charge in [0.15, 0.2) is 0 Å². The van der Waals surface area contributed by atoms with E-state index in [2.05, 4.69) is 10.6 Å². The van der Waals surface area contributed by atoms with Gasteiger partial charge in [0.1, 0.15) is 23.2 Å². The third-order valence-electron chi connectivity index (χ3n) is 6.40. The lowest BCUT2D eigenvalue weighted by atomic mass is 10.1. The van der Waals surface area contributed by atoms with Gasteiger partial charge in [-0.25, -0.2) is 0 Å². The molecule has 3 N–H and O–H groups in total. The van der Waals surface area contributed by atoms with E-state index in [-0.39, 0.29) is 25.2 Å². The summed E-state index contributed by atoms with van der Waals surface area (Å²) < 4.78 is 13.1. The molecule has 3 aromatic heterocycles. The first kappa shape index (κ1) is 26.5. The number of nitrogens with zero attached hydrogens (tertiary/aromatic N) is 1. The first-order valence-corrected chi connectivity index (χ1v) is 13.0. The van der Waals surface area contributed by atoms with Crippen LogP contribution in [0, 0.1) is 0 Å². The van der Waals surface area contributed by atoms with Crippen LogP contribution in [0.25, 0.3) is 11.1 Å². The molecule has 8 nitrogen and oxygen atoms in total. The van der Waals surface area contributed by atoms with Crippen molar-refractivity contribution in [2.75, 3.05) is 6.54 Å². The monoisotopic (exact) mass is 545 g/mol. The van der Waals surface area contributed by atoms with Gasteiger partial charge in [-0.3, -0.25) is 9.59 Å². The highest BCUT2D eigenvalue weighted by atomic mass is 35.5. The third-order valence-corrected chi connectivity index (χ3v) is 6.65. The Hall–Kier alpha value is -4.11. The van der Waals surface area contributed by atoms with Crippen molar-refractivity contribution in [1.29, 1.82) is 0 Å². The van der Waals surface area contributed by atoms with Gasteiger partial charge in [0.2, 0.25) is 11.1 Å². The Morgan fingerprint density at radius 3 is 2.54 bits per heavy atom. The third kappa shape index (κ3) is 6.49. The van der Waals surface area contributed by atoms with Crippen molar-refractivity contribution in [2.24, 2.45) is 0 Å². The molecule has 0 aliphatic carbocycles. The molecule has 39 heavy (non-hydrogen) atoms. The zero-order valence-corrected chi connectivity index (χ0v) is 21.9. The van der Waals surface area contributed by atoms with E-state index in [1.165, 1.54) is 6.26 Å². The summed E-state index contributed by atoms with van der Waals surface area (Å²) >= 11 is 5.95. The fourth-order valence-electron chi connectivity index (χ4n) is 4.33. The van der Waals surface area contributed by atoms with Gasteiger partial charge in [-0.2, -0.15) is 0 Å².